The maximum Gasteiger partial charge on any atom is 0.142 e. The minimum absolute atomic E-state index is 0.167. The van der Waals surface area contributed by atoms with E-state index < -0.39 is 0 Å². The molecule has 14 heavy (non-hydrogen) atoms. The smallest absolute Gasteiger partial charge is 0.142 e. The van der Waals surface area contributed by atoms with Crippen LogP contribution < -0.4 is 9.64 Å². The molecule has 1 aliphatic heterocycles. The van der Waals surface area contributed by atoms with Gasteiger partial charge in [0.2, 0.25) is 0 Å². The van der Waals surface area contributed by atoms with Crippen molar-refractivity contribution in [3.8, 4) is 5.75 Å². The number of rotatable bonds is 0. The Balaban J connectivity index is 2.41. The third kappa shape index (κ3) is 1.57. The Morgan fingerprint density at radius 2 is 1.93 bits per heavy atom. The van der Waals surface area contributed by atoms with Crippen LogP contribution in [0.4, 0.5) is 5.69 Å². The zero-order chi connectivity index (χ0) is 10.2. The average molecular weight is 191 g/mol. The second-order valence-corrected chi connectivity index (χ2v) is 4.64. The molecule has 0 aliphatic carbocycles. The van der Waals surface area contributed by atoms with Gasteiger partial charge in [-0.3, -0.25) is 0 Å². The summed E-state index contributed by atoms with van der Waals surface area (Å²) in [4.78, 5) is 2.39. The fraction of sp³-hybridized carbons (Fsp3) is 0.500. The van der Waals surface area contributed by atoms with E-state index in [1.807, 2.05) is 12.1 Å². The van der Waals surface area contributed by atoms with Gasteiger partial charge in [-0.25, -0.2) is 0 Å². The second kappa shape index (κ2) is 3.19. The summed E-state index contributed by atoms with van der Waals surface area (Å²) in [6, 6.07) is 8.24. The molecule has 0 saturated heterocycles. The van der Waals surface area contributed by atoms with Gasteiger partial charge < -0.3 is 9.64 Å². The lowest BCUT2D eigenvalue weighted by Gasteiger charge is -2.41. The van der Waals surface area contributed by atoms with Crippen LogP contribution in [0.15, 0.2) is 24.3 Å². The molecule has 0 bridgehead atoms. The molecule has 0 saturated carbocycles. The first kappa shape index (κ1) is 9.38. The van der Waals surface area contributed by atoms with Crippen LogP contribution in [0.1, 0.15) is 20.8 Å². The maximum absolute atomic E-state index is 5.61. The molecule has 76 valence electrons. The number of ether oxygens (including phenoxy) is 1. The molecule has 1 aliphatic rings. The Hall–Kier alpha value is -1.18. The standard InChI is InChI=1S/C12H17NO/c1-12(2,3)13-8-9-14-11-7-5-4-6-10(11)13/h4-7H,8-9H2,1-3H3. The van der Waals surface area contributed by atoms with E-state index in [-0.39, 0.29) is 5.54 Å². The molecule has 0 radical (unpaired) electrons. The first-order chi connectivity index (χ1) is 6.59. The van der Waals surface area contributed by atoms with Crippen molar-refractivity contribution in [2.75, 3.05) is 18.1 Å². The van der Waals surface area contributed by atoms with Gasteiger partial charge in [0.15, 0.2) is 0 Å². The molecule has 2 heteroatoms. The van der Waals surface area contributed by atoms with E-state index in [0.29, 0.717) is 0 Å². The maximum atomic E-state index is 5.61. The molecule has 0 unspecified atom stereocenters. The topological polar surface area (TPSA) is 12.5 Å². The summed E-state index contributed by atoms with van der Waals surface area (Å²) in [5, 5.41) is 0. The third-order valence-corrected chi connectivity index (χ3v) is 2.54. The summed E-state index contributed by atoms with van der Waals surface area (Å²) in [6.07, 6.45) is 0. The quantitative estimate of drug-likeness (QED) is 0.625. The van der Waals surface area contributed by atoms with Crippen molar-refractivity contribution < 1.29 is 4.74 Å². The summed E-state index contributed by atoms with van der Waals surface area (Å²) in [5.74, 6) is 1.01. The monoisotopic (exact) mass is 191 g/mol. The Bertz CT molecular complexity index is 327. The number of para-hydroxylation sites is 2. The molecule has 2 nitrogen and oxygen atoms in total. The summed E-state index contributed by atoms with van der Waals surface area (Å²) >= 11 is 0. The Labute approximate surface area is 85.5 Å². The molecule has 0 spiro atoms. The Morgan fingerprint density at radius 3 is 2.64 bits per heavy atom. The van der Waals surface area contributed by atoms with Gasteiger partial charge in [0.25, 0.3) is 0 Å². The van der Waals surface area contributed by atoms with Crippen molar-refractivity contribution in [2.45, 2.75) is 26.3 Å². The molecular formula is C12H17NO. The molecule has 0 amide bonds. The second-order valence-electron chi connectivity index (χ2n) is 4.64. The highest BCUT2D eigenvalue weighted by Crippen LogP contribution is 2.35. The van der Waals surface area contributed by atoms with E-state index in [9.17, 15) is 0 Å². The Kier molecular flexibility index (Phi) is 2.14. The van der Waals surface area contributed by atoms with Crippen molar-refractivity contribution in [1.29, 1.82) is 0 Å². The molecular weight excluding hydrogens is 174 g/mol. The zero-order valence-electron chi connectivity index (χ0n) is 9.08. The molecule has 1 aromatic rings. The number of anilines is 1. The largest absolute Gasteiger partial charge is 0.490 e. The molecule has 0 atom stereocenters. The van der Waals surface area contributed by atoms with Gasteiger partial charge in [-0.1, -0.05) is 12.1 Å². The lowest BCUT2D eigenvalue weighted by atomic mass is 10.0. The van der Waals surface area contributed by atoms with Gasteiger partial charge in [-0.15, -0.1) is 0 Å². The highest BCUT2D eigenvalue weighted by Gasteiger charge is 2.26. The van der Waals surface area contributed by atoms with Gasteiger partial charge in [-0.2, -0.15) is 0 Å². The highest BCUT2D eigenvalue weighted by molar-refractivity contribution is 5.61. The van der Waals surface area contributed by atoms with Gasteiger partial charge in [0.1, 0.15) is 12.4 Å². The normalized spacial score (nSPS) is 16.1. The fourth-order valence-corrected chi connectivity index (χ4v) is 1.87. The minimum atomic E-state index is 0.167. The summed E-state index contributed by atoms with van der Waals surface area (Å²) in [6.45, 7) is 8.45. The van der Waals surface area contributed by atoms with Crippen LogP contribution >= 0.6 is 0 Å². The van der Waals surface area contributed by atoms with Crippen LogP contribution in [0, 0.1) is 0 Å². The first-order valence-electron chi connectivity index (χ1n) is 5.08. The number of hydrogen-bond acceptors (Lipinski definition) is 2. The van der Waals surface area contributed by atoms with E-state index in [1.165, 1.54) is 5.69 Å². The van der Waals surface area contributed by atoms with E-state index in [1.54, 1.807) is 0 Å². The molecule has 0 fully saturated rings. The predicted molar refractivity (Wildman–Crippen MR) is 59.0 cm³/mol. The number of hydrogen-bond donors (Lipinski definition) is 0. The van der Waals surface area contributed by atoms with E-state index >= 15 is 0 Å². The molecule has 1 heterocycles. The number of benzene rings is 1. The van der Waals surface area contributed by atoms with Crippen LogP contribution in [0.2, 0.25) is 0 Å². The number of fused-ring (bicyclic) bond motifs is 1. The van der Waals surface area contributed by atoms with Crippen molar-refractivity contribution in [3.05, 3.63) is 24.3 Å². The van der Waals surface area contributed by atoms with E-state index in [2.05, 4.69) is 37.8 Å². The van der Waals surface area contributed by atoms with Gasteiger partial charge in [-0.05, 0) is 32.9 Å². The minimum Gasteiger partial charge on any atom is -0.490 e. The summed E-state index contributed by atoms with van der Waals surface area (Å²) < 4.78 is 5.61. The van der Waals surface area contributed by atoms with Crippen LogP contribution in [0.25, 0.3) is 0 Å². The molecule has 1 aromatic carbocycles. The van der Waals surface area contributed by atoms with Crippen LogP contribution in [-0.2, 0) is 0 Å². The van der Waals surface area contributed by atoms with Crippen molar-refractivity contribution >= 4 is 5.69 Å². The van der Waals surface area contributed by atoms with E-state index in [4.69, 9.17) is 4.74 Å². The predicted octanol–water partition coefficient (Wildman–Crippen LogP) is 2.68. The van der Waals surface area contributed by atoms with Crippen molar-refractivity contribution in [3.63, 3.8) is 0 Å². The lowest BCUT2D eigenvalue weighted by Crippen LogP contribution is -2.46. The van der Waals surface area contributed by atoms with Gasteiger partial charge >= 0.3 is 0 Å². The lowest BCUT2D eigenvalue weighted by molar-refractivity contribution is 0.289. The van der Waals surface area contributed by atoms with Crippen LogP contribution in [-0.4, -0.2) is 18.7 Å². The first-order valence-corrected chi connectivity index (χ1v) is 5.08. The Morgan fingerprint density at radius 1 is 1.21 bits per heavy atom. The third-order valence-electron chi connectivity index (χ3n) is 2.54. The zero-order valence-corrected chi connectivity index (χ0v) is 9.08. The van der Waals surface area contributed by atoms with Crippen molar-refractivity contribution in [1.82, 2.24) is 0 Å². The molecule has 0 N–H and O–H groups in total. The van der Waals surface area contributed by atoms with Crippen LogP contribution in [0.3, 0.4) is 0 Å². The summed E-state index contributed by atoms with van der Waals surface area (Å²) in [7, 11) is 0. The molecule has 2 rings (SSSR count). The average Bonchev–Trinajstić information content (AvgIpc) is 2.15. The van der Waals surface area contributed by atoms with E-state index in [0.717, 1.165) is 18.9 Å². The van der Waals surface area contributed by atoms with Gasteiger partial charge in [0.05, 0.1) is 12.2 Å². The SMILES string of the molecule is CC(C)(C)N1CCOc2ccccc21. The summed E-state index contributed by atoms with van der Waals surface area (Å²) in [5.41, 5.74) is 1.38. The van der Waals surface area contributed by atoms with Crippen LogP contribution in [0.5, 0.6) is 5.75 Å². The number of nitrogens with zero attached hydrogens (tertiary/aromatic N) is 1. The van der Waals surface area contributed by atoms with Gasteiger partial charge in [0, 0.05) is 5.54 Å². The highest BCUT2D eigenvalue weighted by atomic mass is 16.5. The fourth-order valence-electron chi connectivity index (χ4n) is 1.87. The van der Waals surface area contributed by atoms with Crippen molar-refractivity contribution in [2.24, 2.45) is 0 Å². The molecule has 0 aromatic heterocycles.